The number of amides is 1. The smallest absolute Gasteiger partial charge is 0.255 e. The maximum atomic E-state index is 12.5. The van der Waals surface area contributed by atoms with Crippen molar-refractivity contribution >= 4 is 17.3 Å². The Balaban J connectivity index is 1.73. The molecule has 2 aromatic carbocycles. The number of ether oxygens (including phenoxy) is 2. The van der Waals surface area contributed by atoms with Gasteiger partial charge in [0.1, 0.15) is 11.5 Å². The van der Waals surface area contributed by atoms with Gasteiger partial charge in [0.15, 0.2) is 0 Å². The van der Waals surface area contributed by atoms with Crippen molar-refractivity contribution in [3.05, 3.63) is 48.0 Å². The Morgan fingerprint density at radius 1 is 0.960 bits per heavy atom. The van der Waals surface area contributed by atoms with Crippen molar-refractivity contribution in [1.29, 1.82) is 0 Å². The summed E-state index contributed by atoms with van der Waals surface area (Å²) in [5.41, 5.74) is 2.38. The number of nitrogens with one attached hydrogen (secondary N) is 1. The molecule has 0 radical (unpaired) electrons. The fourth-order valence-electron chi connectivity index (χ4n) is 3.08. The van der Waals surface area contributed by atoms with E-state index in [2.05, 4.69) is 10.2 Å². The van der Waals surface area contributed by atoms with Gasteiger partial charge in [0.2, 0.25) is 0 Å². The minimum atomic E-state index is -0.170. The van der Waals surface area contributed by atoms with Gasteiger partial charge < -0.3 is 19.7 Å². The van der Waals surface area contributed by atoms with E-state index < -0.39 is 0 Å². The van der Waals surface area contributed by atoms with Gasteiger partial charge in [0, 0.05) is 30.4 Å². The van der Waals surface area contributed by atoms with Crippen LogP contribution < -0.4 is 19.7 Å². The fourth-order valence-corrected chi connectivity index (χ4v) is 3.08. The Morgan fingerprint density at radius 3 is 2.32 bits per heavy atom. The minimum Gasteiger partial charge on any atom is -0.497 e. The van der Waals surface area contributed by atoms with Crippen molar-refractivity contribution in [1.82, 2.24) is 0 Å². The molecule has 1 saturated heterocycles. The summed E-state index contributed by atoms with van der Waals surface area (Å²) in [6.07, 6.45) is 3.77. The highest BCUT2D eigenvalue weighted by Gasteiger charge is 2.13. The van der Waals surface area contributed by atoms with Gasteiger partial charge in [-0.1, -0.05) is 0 Å². The number of hydrogen-bond donors (Lipinski definition) is 1. The van der Waals surface area contributed by atoms with Crippen LogP contribution in [0.4, 0.5) is 11.4 Å². The summed E-state index contributed by atoms with van der Waals surface area (Å²) in [7, 11) is 3.16. The number of nitrogens with zero attached hydrogens (tertiary/aromatic N) is 1. The standard InChI is InChI=1S/C20H24N2O3/c1-24-17-10-11-19(25-2)18(14-17)21-20(23)15-6-8-16(9-7-15)22-12-4-3-5-13-22/h6-11,14H,3-5,12-13H2,1-2H3,(H,21,23). The zero-order chi connectivity index (χ0) is 17.6. The number of benzene rings is 2. The maximum Gasteiger partial charge on any atom is 0.255 e. The minimum absolute atomic E-state index is 0.170. The van der Waals surface area contributed by atoms with E-state index in [4.69, 9.17) is 9.47 Å². The molecule has 3 rings (SSSR count). The molecule has 25 heavy (non-hydrogen) atoms. The lowest BCUT2D eigenvalue weighted by Gasteiger charge is -2.28. The third-order valence-corrected chi connectivity index (χ3v) is 4.51. The number of methoxy groups -OCH3 is 2. The maximum absolute atomic E-state index is 12.5. The second-order valence-electron chi connectivity index (χ2n) is 6.11. The van der Waals surface area contributed by atoms with Crippen LogP contribution in [0.15, 0.2) is 42.5 Å². The van der Waals surface area contributed by atoms with Crippen LogP contribution in [-0.2, 0) is 0 Å². The molecule has 5 nitrogen and oxygen atoms in total. The number of carbonyl (C=O) groups excluding carboxylic acids is 1. The number of anilines is 2. The lowest BCUT2D eigenvalue weighted by Crippen LogP contribution is -2.29. The van der Waals surface area contributed by atoms with Gasteiger partial charge >= 0.3 is 0 Å². The Kier molecular flexibility index (Phi) is 5.43. The van der Waals surface area contributed by atoms with E-state index in [-0.39, 0.29) is 5.91 Å². The second kappa shape index (κ2) is 7.92. The van der Waals surface area contributed by atoms with Crippen LogP contribution in [0, 0.1) is 0 Å². The van der Waals surface area contributed by atoms with Gasteiger partial charge in [-0.25, -0.2) is 0 Å². The van der Waals surface area contributed by atoms with E-state index in [1.165, 1.54) is 24.9 Å². The average molecular weight is 340 g/mol. The number of rotatable bonds is 5. The third-order valence-electron chi connectivity index (χ3n) is 4.51. The summed E-state index contributed by atoms with van der Waals surface area (Å²) >= 11 is 0. The summed E-state index contributed by atoms with van der Waals surface area (Å²) in [6, 6.07) is 13.1. The predicted octanol–water partition coefficient (Wildman–Crippen LogP) is 3.95. The highest BCUT2D eigenvalue weighted by molar-refractivity contribution is 6.05. The average Bonchev–Trinajstić information content (AvgIpc) is 2.68. The molecule has 1 fully saturated rings. The molecule has 0 aromatic heterocycles. The van der Waals surface area contributed by atoms with Crippen molar-refractivity contribution in [2.24, 2.45) is 0 Å². The molecule has 0 saturated carbocycles. The molecule has 0 spiro atoms. The third kappa shape index (κ3) is 4.05. The van der Waals surface area contributed by atoms with Crippen molar-refractivity contribution < 1.29 is 14.3 Å². The van der Waals surface area contributed by atoms with E-state index >= 15 is 0 Å². The van der Waals surface area contributed by atoms with Crippen LogP contribution in [0.1, 0.15) is 29.6 Å². The van der Waals surface area contributed by atoms with Crippen LogP contribution >= 0.6 is 0 Å². The van der Waals surface area contributed by atoms with Crippen LogP contribution in [0.2, 0.25) is 0 Å². The summed E-state index contributed by atoms with van der Waals surface area (Å²) in [6.45, 7) is 2.18. The highest BCUT2D eigenvalue weighted by atomic mass is 16.5. The number of carbonyl (C=O) groups is 1. The van der Waals surface area contributed by atoms with Crippen molar-refractivity contribution in [2.75, 3.05) is 37.5 Å². The molecule has 1 N–H and O–H groups in total. The number of hydrogen-bond acceptors (Lipinski definition) is 4. The van der Waals surface area contributed by atoms with Gasteiger partial charge in [-0.3, -0.25) is 4.79 Å². The van der Waals surface area contributed by atoms with Gasteiger partial charge in [0.25, 0.3) is 5.91 Å². The van der Waals surface area contributed by atoms with Gasteiger partial charge in [-0.05, 0) is 55.7 Å². The van der Waals surface area contributed by atoms with Gasteiger partial charge in [-0.15, -0.1) is 0 Å². The van der Waals surface area contributed by atoms with E-state index in [1.807, 2.05) is 24.3 Å². The molecular formula is C20H24N2O3. The zero-order valence-electron chi connectivity index (χ0n) is 14.7. The monoisotopic (exact) mass is 340 g/mol. The first-order chi connectivity index (χ1) is 12.2. The Morgan fingerprint density at radius 2 is 1.68 bits per heavy atom. The largest absolute Gasteiger partial charge is 0.497 e. The zero-order valence-corrected chi connectivity index (χ0v) is 14.7. The molecule has 1 aliphatic heterocycles. The van der Waals surface area contributed by atoms with Crippen LogP contribution in [0.3, 0.4) is 0 Å². The van der Waals surface area contributed by atoms with Crippen LogP contribution in [0.25, 0.3) is 0 Å². The first kappa shape index (κ1) is 17.1. The molecule has 2 aromatic rings. The lowest BCUT2D eigenvalue weighted by molar-refractivity contribution is 0.102. The molecule has 1 aliphatic rings. The summed E-state index contributed by atoms with van der Waals surface area (Å²) in [5, 5.41) is 2.89. The summed E-state index contributed by atoms with van der Waals surface area (Å²) in [5.74, 6) is 1.09. The van der Waals surface area contributed by atoms with E-state index in [0.29, 0.717) is 22.7 Å². The number of piperidine rings is 1. The van der Waals surface area contributed by atoms with Crippen molar-refractivity contribution in [3.63, 3.8) is 0 Å². The molecule has 1 heterocycles. The van der Waals surface area contributed by atoms with Crippen molar-refractivity contribution in [2.45, 2.75) is 19.3 Å². The molecule has 0 atom stereocenters. The molecule has 0 bridgehead atoms. The molecule has 1 amide bonds. The highest BCUT2D eigenvalue weighted by Crippen LogP contribution is 2.29. The van der Waals surface area contributed by atoms with E-state index in [1.54, 1.807) is 32.4 Å². The quantitative estimate of drug-likeness (QED) is 0.895. The van der Waals surface area contributed by atoms with Gasteiger partial charge in [-0.2, -0.15) is 0 Å². The lowest BCUT2D eigenvalue weighted by atomic mass is 10.1. The van der Waals surface area contributed by atoms with E-state index in [0.717, 1.165) is 13.1 Å². The van der Waals surface area contributed by atoms with Gasteiger partial charge in [0.05, 0.1) is 19.9 Å². The Bertz CT molecular complexity index is 722. The fraction of sp³-hybridized carbons (Fsp3) is 0.350. The van der Waals surface area contributed by atoms with Crippen LogP contribution in [-0.4, -0.2) is 33.2 Å². The molecule has 132 valence electrons. The first-order valence-electron chi connectivity index (χ1n) is 8.59. The summed E-state index contributed by atoms with van der Waals surface area (Å²) in [4.78, 5) is 14.9. The molecule has 5 heteroatoms. The molecular weight excluding hydrogens is 316 g/mol. The SMILES string of the molecule is COc1ccc(OC)c(NC(=O)c2ccc(N3CCCCC3)cc2)c1. The Hall–Kier alpha value is -2.69. The predicted molar refractivity (Wildman–Crippen MR) is 100 cm³/mol. The second-order valence-corrected chi connectivity index (χ2v) is 6.11. The van der Waals surface area contributed by atoms with Crippen LogP contribution in [0.5, 0.6) is 11.5 Å². The normalized spacial score (nSPS) is 14.1. The molecule has 0 unspecified atom stereocenters. The van der Waals surface area contributed by atoms with E-state index in [9.17, 15) is 4.79 Å². The first-order valence-corrected chi connectivity index (χ1v) is 8.59. The van der Waals surface area contributed by atoms with Crippen molar-refractivity contribution in [3.8, 4) is 11.5 Å². The Labute approximate surface area is 148 Å². The molecule has 0 aliphatic carbocycles. The summed E-state index contributed by atoms with van der Waals surface area (Å²) < 4.78 is 10.5. The topological polar surface area (TPSA) is 50.8 Å².